The van der Waals surface area contributed by atoms with Crippen molar-refractivity contribution in [3.05, 3.63) is 0 Å². The van der Waals surface area contributed by atoms with Crippen LogP contribution in [0.3, 0.4) is 0 Å². The molecular weight excluding hydrogens is 260 g/mol. The Kier molecular flexibility index (Phi) is 6.95. The molecule has 0 saturated carbocycles. The number of rotatable bonds is 7. The lowest BCUT2D eigenvalue weighted by atomic mass is 9.93. The molecule has 0 bridgehead atoms. The van der Waals surface area contributed by atoms with E-state index in [-0.39, 0.29) is 36.9 Å². The van der Waals surface area contributed by atoms with Gasteiger partial charge in [-0.3, -0.25) is 9.59 Å². The van der Waals surface area contributed by atoms with E-state index in [1.54, 1.807) is 0 Å². The van der Waals surface area contributed by atoms with Gasteiger partial charge >= 0.3 is 5.97 Å². The Morgan fingerprint density at radius 1 is 1.35 bits per heavy atom. The van der Waals surface area contributed by atoms with Crippen molar-refractivity contribution in [3.8, 4) is 0 Å². The van der Waals surface area contributed by atoms with Gasteiger partial charge < -0.3 is 20.5 Å². The second-order valence-electron chi connectivity index (χ2n) is 5.63. The zero-order chi connectivity index (χ0) is 15.1. The fourth-order valence-electron chi connectivity index (χ4n) is 2.45. The molecule has 0 aromatic rings. The minimum atomic E-state index is -0.847. The number of carbonyl (C=O) groups excluding carboxylic acids is 1. The summed E-state index contributed by atoms with van der Waals surface area (Å²) in [4.78, 5) is 24.6. The molecule has 1 rings (SSSR count). The molecule has 3 N–H and O–H groups in total. The number of hydrogen-bond acceptors (Lipinski definition) is 4. The minimum Gasteiger partial charge on any atom is -0.481 e. The monoisotopic (exact) mass is 286 g/mol. The first-order valence-corrected chi connectivity index (χ1v) is 7.28. The Morgan fingerprint density at radius 2 is 1.95 bits per heavy atom. The molecule has 20 heavy (non-hydrogen) atoms. The fraction of sp³-hybridized carbons (Fsp3) is 0.857. The number of ether oxygens (including phenoxy) is 1. The zero-order valence-corrected chi connectivity index (χ0v) is 12.4. The van der Waals surface area contributed by atoms with Gasteiger partial charge in [0, 0.05) is 19.6 Å². The van der Waals surface area contributed by atoms with Crippen LogP contribution in [0, 0.1) is 11.8 Å². The van der Waals surface area contributed by atoms with Crippen LogP contribution in [0.1, 0.15) is 33.1 Å². The van der Waals surface area contributed by atoms with Gasteiger partial charge in [-0.2, -0.15) is 0 Å². The number of aliphatic carboxylic acids is 1. The van der Waals surface area contributed by atoms with Crippen LogP contribution in [0.2, 0.25) is 0 Å². The third kappa shape index (κ3) is 5.09. The summed E-state index contributed by atoms with van der Waals surface area (Å²) in [7, 11) is 0. The van der Waals surface area contributed by atoms with E-state index in [2.05, 4.69) is 0 Å². The van der Waals surface area contributed by atoms with Gasteiger partial charge in [-0.15, -0.1) is 0 Å². The predicted molar refractivity (Wildman–Crippen MR) is 75.2 cm³/mol. The number of nitrogens with zero attached hydrogens (tertiary/aromatic N) is 1. The highest BCUT2D eigenvalue weighted by atomic mass is 16.5. The molecule has 1 aliphatic rings. The van der Waals surface area contributed by atoms with Crippen LogP contribution < -0.4 is 5.73 Å². The lowest BCUT2D eigenvalue weighted by molar-refractivity contribution is -0.140. The average molecular weight is 286 g/mol. The van der Waals surface area contributed by atoms with Crippen LogP contribution >= 0.6 is 0 Å². The molecule has 116 valence electrons. The third-order valence-corrected chi connectivity index (χ3v) is 3.80. The lowest BCUT2D eigenvalue weighted by Crippen LogP contribution is -2.46. The van der Waals surface area contributed by atoms with Gasteiger partial charge in [-0.25, -0.2) is 0 Å². The SMILES string of the molecule is CC(C)C(CN)C(=O)N1CCC(OCCC(=O)O)CC1. The van der Waals surface area contributed by atoms with Crippen molar-refractivity contribution in [2.45, 2.75) is 39.2 Å². The summed E-state index contributed by atoms with van der Waals surface area (Å²) < 4.78 is 5.51. The molecule has 0 aliphatic carbocycles. The molecule has 1 aliphatic heterocycles. The van der Waals surface area contributed by atoms with E-state index in [9.17, 15) is 9.59 Å². The molecule has 1 amide bonds. The maximum Gasteiger partial charge on any atom is 0.305 e. The van der Waals surface area contributed by atoms with Crippen LogP contribution in [0.4, 0.5) is 0 Å². The van der Waals surface area contributed by atoms with Gasteiger partial charge in [0.05, 0.1) is 25.0 Å². The highest BCUT2D eigenvalue weighted by Gasteiger charge is 2.29. The number of carboxylic acids is 1. The molecule has 6 heteroatoms. The van der Waals surface area contributed by atoms with Crippen molar-refractivity contribution in [3.63, 3.8) is 0 Å². The Morgan fingerprint density at radius 3 is 2.40 bits per heavy atom. The van der Waals surface area contributed by atoms with Crippen molar-refractivity contribution in [2.24, 2.45) is 17.6 Å². The van der Waals surface area contributed by atoms with Crippen LogP contribution in [-0.2, 0) is 14.3 Å². The summed E-state index contributed by atoms with van der Waals surface area (Å²) in [6, 6.07) is 0. The van der Waals surface area contributed by atoms with E-state index in [0.29, 0.717) is 19.6 Å². The Bertz CT molecular complexity index is 325. The Balaban J connectivity index is 2.34. The summed E-state index contributed by atoms with van der Waals surface area (Å²) in [5.41, 5.74) is 5.67. The van der Waals surface area contributed by atoms with Crippen molar-refractivity contribution < 1.29 is 19.4 Å². The van der Waals surface area contributed by atoms with Crippen LogP contribution in [0.25, 0.3) is 0 Å². The second-order valence-corrected chi connectivity index (χ2v) is 5.63. The summed E-state index contributed by atoms with van der Waals surface area (Å²) in [5.74, 6) is -0.580. The highest BCUT2D eigenvalue weighted by Crippen LogP contribution is 2.19. The molecular formula is C14H26N2O4. The molecule has 6 nitrogen and oxygen atoms in total. The van der Waals surface area contributed by atoms with Crippen molar-refractivity contribution in [2.75, 3.05) is 26.2 Å². The molecule has 1 atom stereocenters. The molecule has 0 aromatic heterocycles. The summed E-state index contributed by atoms with van der Waals surface area (Å²) >= 11 is 0. The van der Waals surface area contributed by atoms with Gasteiger partial charge in [0.1, 0.15) is 0 Å². The number of carboxylic acid groups (broad SMARTS) is 1. The molecule has 1 saturated heterocycles. The maximum atomic E-state index is 12.3. The molecule has 0 radical (unpaired) electrons. The van der Waals surface area contributed by atoms with E-state index >= 15 is 0 Å². The summed E-state index contributed by atoms with van der Waals surface area (Å²) in [6.07, 6.45) is 1.62. The van der Waals surface area contributed by atoms with Gasteiger partial charge in [-0.1, -0.05) is 13.8 Å². The van der Waals surface area contributed by atoms with Gasteiger partial charge in [0.2, 0.25) is 5.91 Å². The van der Waals surface area contributed by atoms with Crippen LogP contribution in [-0.4, -0.2) is 54.2 Å². The minimum absolute atomic E-state index is 0.0295. The highest BCUT2D eigenvalue weighted by molar-refractivity contribution is 5.79. The topological polar surface area (TPSA) is 92.9 Å². The smallest absolute Gasteiger partial charge is 0.305 e. The van der Waals surface area contributed by atoms with Crippen molar-refractivity contribution in [1.82, 2.24) is 4.90 Å². The lowest BCUT2D eigenvalue weighted by Gasteiger charge is -2.34. The van der Waals surface area contributed by atoms with Gasteiger partial charge in [0.15, 0.2) is 0 Å². The number of carbonyl (C=O) groups is 2. The molecule has 0 spiro atoms. The second kappa shape index (κ2) is 8.21. The van der Waals surface area contributed by atoms with Crippen molar-refractivity contribution in [1.29, 1.82) is 0 Å². The van der Waals surface area contributed by atoms with Crippen LogP contribution in [0.5, 0.6) is 0 Å². The first-order valence-electron chi connectivity index (χ1n) is 7.28. The van der Waals surface area contributed by atoms with E-state index in [0.717, 1.165) is 12.8 Å². The van der Waals surface area contributed by atoms with Crippen LogP contribution in [0.15, 0.2) is 0 Å². The Labute approximate surface area is 120 Å². The predicted octanol–water partition coefficient (Wildman–Crippen LogP) is 0.700. The zero-order valence-electron chi connectivity index (χ0n) is 12.4. The largest absolute Gasteiger partial charge is 0.481 e. The fourth-order valence-corrected chi connectivity index (χ4v) is 2.45. The third-order valence-electron chi connectivity index (χ3n) is 3.80. The molecule has 1 unspecified atom stereocenters. The number of amides is 1. The molecule has 1 fully saturated rings. The molecule has 0 aromatic carbocycles. The van der Waals surface area contributed by atoms with Gasteiger partial charge in [-0.05, 0) is 18.8 Å². The van der Waals surface area contributed by atoms with E-state index in [1.165, 1.54) is 0 Å². The standard InChI is InChI=1S/C14H26N2O4/c1-10(2)12(9-15)14(19)16-6-3-11(4-7-16)20-8-5-13(17)18/h10-12H,3-9,15H2,1-2H3,(H,17,18). The average Bonchev–Trinajstić information content (AvgIpc) is 2.39. The normalized spacial score (nSPS) is 18.3. The van der Waals surface area contributed by atoms with E-state index in [1.807, 2.05) is 18.7 Å². The number of nitrogens with two attached hydrogens (primary N) is 1. The first kappa shape index (κ1) is 16.9. The summed E-state index contributed by atoms with van der Waals surface area (Å²) in [6.45, 7) is 5.98. The molecule has 1 heterocycles. The van der Waals surface area contributed by atoms with Gasteiger partial charge in [0.25, 0.3) is 0 Å². The van der Waals surface area contributed by atoms with E-state index in [4.69, 9.17) is 15.6 Å². The Hall–Kier alpha value is -1.14. The number of piperidine rings is 1. The quantitative estimate of drug-likeness (QED) is 0.718. The van der Waals surface area contributed by atoms with E-state index < -0.39 is 5.97 Å². The number of likely N-dealkylation sites (tertiary alicyclic amines) is 1. The first-order chi connectivity index (χ1) is 9.45. The summed E-state index contributed by atoms with van der Waals surface area (Å²) in [5, 5.41) is 8.55. The maximum absolute atomic E-state index is 12.3. The number of hydrogen-bond donors (Lipinski definition) is 2. The van der Waals surface area contributed by atoms with Crippen molar-refractivity contribution >= 4 is 11.9 Å².